The molecule has 0 bridgehead atoms. The van der Waals surface area contributed by atoms with Crippen molar-refractivity contribution in [2.45, 2.75) is 18.7 Å². The Labute approximate surface area is 128 Å². The van der Waals surface area contributed by atoms with Gasteiger partial charge in [-0.3, -0.25) is 0 Å². The fraction of sp³-hybridized carbons (Fsp3) is 0.200. The lowest BCUT2D eigenvalue weighted by atomic mass is 10.2. The Morgan fingerprint density at radius 1 is 1.14 bits per heavy atom. The lowest BCUT2D eigenvalue weighted by molar-refractivity contribution is 0.602. The van der Waals surface area contributed by atoms with E-state index in [0.29, 0.717) is 10.8 Å². The molecule has 0 fully saturated rings. The maximum Gasteiger partial charge on any atom is 0.247 e. The predicted octanol–water partition coefficient (Wildman–Crippen LogP) is 2.49. The van der Waals surface area contributed by atoms with Crippen molar-refractivity contribution in [3.8, 4) is 0 Å². The number of pyridine rings is 1. The maximum absolute atomic E-state index is 11.6. The van der Waals surface area contributed by atoms with E-state index in [1.54, 1.807) is 22.7 Å². The van der Waals surface area contributed by atoms with Crippen LogP contribution in [0.25, 0.3) is 5.65 Å². The quantitative estimate of drug-likeness (QED) is 0.803. The minimum atomic E-state index is -3.20. The van der Waals surface area contributed by atoms with Crippen molar-refractivity contribution in [2.24, 2.45) is 0 Å². The number of aryl methyl sites for hydroxylation is 2. The molecule has 3 aromatic rings. The van der Waals surface area contributed by atoms with E-state index in [1.807, 2.05) is 32.2 Å². The van der Waals surface area contributed by atoms with Gasteiger partial charge in [0, 0.05) is 18.1 Å². The van der Waals surface area contributed by atoms with Crippen LogP contribution in [0.15, 0.2) is 41.4 Å². The Morgan fingerprint density at radius 2 is 1.91 bits per heavy atom. The molecular formula is C15H16N4O2S. The number of nitrogens with one attached hydrogen (secondary N) is 1. The fourth-order valence-corrected chi connectivity index (χ4v) is 2.87. The van der Waals surface area contributed by atoms with Crippen LogP contribution in [0.4, 0.5) is 11.6 Å². The molecule has 0 spiro atoms. The molecule has 0 radical (unpaired) electrons. The molecule has 22 heavy (non-hydrogen) atoms. The van der Waals surface area contributed by atoms with Crippen molar-refractivity contribution >= 4 is 27.1 Å². The number of benzene rings is 1. The molecule has 0 aliphatic rings. The lowest BCUT2D eigenvalue weighted by Gasteiger charge is -2.07. The molecule has 114 valence electrons. The fourth-order valence-electron chi connectivity index (χ4n) is 2.17. The number of anilines is 2. The minimum Gasteiger partial charge on any atom is -0.323 e. The zero-order valence-electron chi connectivity index (χ0n) is 12.5. The van der Waals surface area contributed by atoms with Crippen molar-refractivity contribution < 1.29 is 8.42 Å². The van der Waals surface area contributed by atoms with Gasteiger partial charge < -0.3 is 5.32 Å². The van der Waals surface area contributed by atoms with Crippen LogP contribution in [0.1, 0.15) is 11.1 Å². The highest BCUT2D eigenvalue weighted by molar-refractivity contribution is 7.90. The van der Waals surface area contributed by atoms with Gasteiger partial charge in [-0.25, -0.2) is 12.9 Å². The minimum absolute atomic E-state index is 0.300. The van der Waals surface area contributed by atoms with Crippen LogP contribution in [-0.4, -0.2) is 29.3 Å². The van der Waals surface area contributed by atoms with Crippen LogP contribution in [0.2, 0.25) is 0 Å². The highest BCUT2D eigenvalue weighted by Gasteiger charge is 2.10. The van der Waals surface area contributed by atoms with E-state index in [9.17, 15) is 8.42 Å². The van der Waals surface area contributed by atoms with E-state index in [2.05, 4.69) is 15.4 Å². The van der Waals surface area contributed by atoms with Gasteiger partial charge in [0.25, 0.3) is 0 Å². The summed E-state index contributed by atoms with van der Waals surface area (Å²) >= 11 is 0. The Balaban J connectivity index is 1.94. The topological polar surface area (TPSA) is 76.4 Å². The number of hydrogen-bond acceptors (Lipinski definition) is 5. The van der Waals surface area contributed by atoms with E-state index in [1.165, 1.54) is 6.26 Å². The molecule has 0 atom stereocenters. The molecule has 2 aromatic heterocycles. The van der Waals surface area contributed by atoms with Crippen LogP contribution in [-0.2, 0) is 9.84 Å². The molecule has 0 unspecified atom stereocenters. The third-order valence-corrected chi connectivity index (χ3v) is 4.46. The molecule has 0 amide bonds. The first kappa shape index (κ1) is 14.5. The average Bonchev–Trinajstić information content (AvgIpc) is 2.81. The summed E-state index contributed by atoms with van der Waals surface area (Å²) in [6, 6.07) is 8.80. The molecule has 1 N–H and O–H groups in total. The zero-order valence-corrected chi connectivity index (χ0v) is 13.3. The summed E-state index contributed by atoms with van der Waals surface area (Å²) in [6.45, 7) is 3.83. The number of nitrogens with zero attached hydrogens (tertiary/aromatic N) is 3. The molecule has 0 saturated carbocycles. The summed E-state index contributed by atoms with van der Waals surface area (Å²) in [5, 5.41) is 7.48. The first-order chi connectivity index (χ1) is 10.3. The summed E-state index contributed by atoms with van der Waals surface area (Å²) in [4.78, 5) is 4.68. The van der Waals surface area contributed by atoms with Gasteiger partial charge in [0.2, 0.25) is 5.95 Å². The average molecular weight is 316 g/mol. The van der Waals surface area contributed by atoms with Gasteiger partial charge in [0.05, 0.1) is 4.90 Å². The second kappa shape index (κ2) is 5.10. The third-order valence-electron chi connectivity index (χ3n) is 3.35. The van der Waals surface area contributed by atoms with Crippen molar-refractivity contribution in [3.63, 3.8) is 0 Å². The molecule has 6 nitrogen and oxygen atoms in total. The SMILES string of the molecule is Cc1ccc2nc(Nc3ccc(S(C)(=O)=O)cc3C)nn2c1. The van der Waals surface area contributed by atoms with Gasteiger partial charge in [-0.05, 0) is 49.2 Å². The Kier molecular flexibility index (Phi) is 3.37. The van der Waals surface area contributed by atoms with E-state index in [4.69, 9.17) is 0 Å². The van der Waals surface area contributed by atoms with Gasteiger partial charge in [-0.1, -0.05) is 6.07 Å². The summed E-state index contributed by atoms with van der Waals surface area (Å²) < 4.78 is 24.8. The van der Waals surface area contributed by atoms with Crippen LogP contribution >= 0.6 is 0 Å². The number of hydrogen-bond donors (Lipinski definition) is 1. The first-order valence-electron chi connectivity index (χ1n) is 6.74. The molecule has 0 saturated heterocycles. The van der Waals surface area contributed by atoms with Crippen LogP contribution in [0.5, 0.6) is 0 Å². The summed E-state index contributed by atoms with van der Waals surface area (Å²) in [6.07, 6.45) is 3.09. The smallest absolute Gasteiger partial charge is 0.247 e. The van der Waals surface area contributed by atoms with Gasteiger partial charge in [-0.15, -0.1) is 5.10 Å². The van der Waals surface area contributed by atoms with Crippen LogP contribution < -0.4 is 5.32 Å². The van der Waals surface area contributed by atoms with E-state index in [-0.39, 0.29) is 0 Å². The van der Waals surface area contributed by atoms with Crippen molar-refractivity contribution in [3.05, 3.63) is 47.7 Å². The summed E-state index contributed by atoms with van der Waals surface area (Å²) in [5.74, 6) is 0.473. The molecule has 0 aliphatic carbocycles. The van der Waals surface area contributed by atoms with Gasteiger partial charge in [0.1, 0.15) is 0 Å². The summed E-state index contributed by atoms with van der Waals surface area (Å²) in [7, 11) is -3.20. The van der Waals surface area contributed by atoms with Gasteiger partial charge >= 0.3 is 0 Å². The number of aromatic nitrogens is 3. The largest absolute Gasteiger partial charge is 0.323 e. The second-order valence-corrected chi connectivity index (χ2v) is 7.33. The Bertz CT molecular complexity index is 961. The number of fused-ring (bicyclic) bond motifs is 1. The Hall–Kier alpha value is -2.41. The third kappa shape index (κ3) is 2.80. The Morgan fingerprint density at radius 3 is 2.59 bits per heavy atom. The standard InChI is InChI=1S/C15H16N4O2S/c1-10-4-7-14-17-15(18-19(14)9-10)16-13-6-5-12(8-11(13)2)22(3,20)21/h4-9H,1-3H3,(H,16,18). The lowest BCUT2D eigenvalue weighted by Crippen LogP contribution is -2.00. The van der Waals surface area contributed by atoms with Crippen molar-refractivity contribution in [1.82, 2.24) is 14.6 Å². The molecule has 0 aliphatic heterocycles. The van der Waals surface area contributed by atoms with E-state index in [0.717, 1.165) is 22.5 Å². The van der Waals surface area contributed by atoms with Crippen molar-refractivity contribution in [2.75, 3.05) is 11.6 Å². The maximum atomic E-state index is 11.6. The molecular weight excluding hydrogens is 300 g/mol. The highest BCUT2D eigenvalue weighted by atomic mass is 32.2. The van der Waals surface area contributed by atoms with Crippen LogP contribution in [0.3, 0.4) is 0 Å². The molecule has 7 heteroatoms. The monoisotopic (exact) mass is 316 g/mol. The highest BCUT2D eigenvalue weighted by Crippen LogP contribution is 2.22. The number of sulfone groups is 1. The van der Waals surface area contributed by atoms with Gasteiger partial charge in [-0.2, -0.15) is 4.98 Å². The van der Waals surface area contributed by atoms with Crippen LogP contribution in [0, 0.1) is 13.8 Å². The summed E-state index contributed by atoms with van der Waals surface area (Å²) in [5.41, 5.74) is 3.44. The first-order valence-corrected chi connectivity index (χ1v) is 8.63. The van der Waals surface area contributed by atoms with E-state index >= 15 is 0 Å². The van der Waals surface area contributed by atoms with Gasteiger partial charge in [0.15, 0.2) is 15.5 Å². The van der Waals surface area contributed by atoms with E-state index < -0.39 is 9.84 Å². The molecule has 3 rings (SSSR count). The predicted molar refractivity (Wildman–Crippen MR) is 85.3 cm³/mol. The normalized spacial score (nSPS) is 11.8. The molecule has 2 heterocycles. The zero-order chi connectivity index (χ0) is 15.9. The van der Waals surface area contributed by atoms with Crippen molar-refractivity contribution in [1.29, 1.82) is 0 Å². The number of rotatable bonds is 3. The second-order valence-electron chi connectivity index (χ2n) is 5.32. The molecule has 1 aromatic carbocycles.